The minimum Gasteiger partial charge on any atom is -0.497 e. The SMILES string of the molecule is CNC(Cc1cccnc1N)c1ccc(OC)cc1. The molecule has 0 bridgehead atoms. The van der Waals surface area contributed by atoms with Crippen molar-refractivity contribution >= 4 is 5.82 Å². The summed E-state index contributed by atoms with van der Waals surface area (Å²) in [5, 5.41) is 3.31. The Kier molecular flexibility index (Phi) is 4.36. The number of rotatable bonds is 5. The Balaban J connectivity index is 2.17. The maximum Gasteiger partial charge on any atom is 0.126 e. The van der Waals surface area contributed by atoms with Gasteiger partial charge in [0, 0.05) is 12.2 Å². The minimum absolute atomic E-state index is 0.206. The van der Waals surface area contributed by atoms with Crippen LogP contribution < -0.4 is 15.8 Å². The number of nitrogens with one attached hydrogen (secondary N) is 1. The van der Waals surface area contributed by atoms with Gasteiger partial charge < -0.3 is 15.8 Å². The first-order valence-electron chi connectivity index (χ1n) is 6.25. The molecule has 1 unspecified atom stereocenters. The number of hydrogen-bond acceptors (Lipinski definition) is 4. The highest BCUT2D eigenvalue weighted by atomic mass is 16.5. The molecule has 0 aliphatic carbocycles. The summed E-state index contributed by atoms with van der Waals surface area (Å²) >= 11 is 0. The second-order valence-electron chi connectivity index (χ2n) is 4.37. The van der Waals surface area contributed by atoms with Crippen LogP contribution in [0.2, 0.25) is 0 Å². The summed E-state index contributed by atoms with van der Waals surface area (Å²) in [5.41, 5.74) is 8.14. The number of ether oxygens (including phenoxy) is 1. The first kappa shape index (κ1) is 13.4. The van der Waals surface area contributed by atoms with E-state index in [2.05, 4.69) is 22.4 Å². The number of aromatic nitrogens is 1. The van der Waals surface area contributed by atoms with Crippen molar-refractivity contribution in [3.8, 4) is 5.75 Å². The van der Waals surface area contributed by atoms with Crippen LogP contribution in [0.5, 0.6) is 5.75 Å². The molecule has 2 aromatic rings. The van der Waals surface area contributed by atoms with E-state index in [1.54, 1.807) is 13.3 Å². The lowest BCUT2D eigenvalue weighted by Crippen LogP contribution is -2.19. The van der Waals surface area contributed by atoms with Crippen LogP contribution in [0, 0.1) is 0 Å². The van der Waals surface area contributed by atoms with Gasteiger partial charge in [0.1, 0.15) is 11.6 Å². The molecule has 4 heteroatoms. The van der Waals surface area contributed by atoms with Gasteiger partial charge in [-0.15, -0.1) is 0 Å². The van der Waals surface area contributed by atoms with Crippen LogP contribution in [0.1, 0.15) is 17.2 Å². The van der Waals surface area contributed by atoms with E-state index < -0.39 is 0 Å². The number of nitrogens with zero attached hydrogens (tertiary/aromatic N) is 1. The van der Waals surface area contributed by atoms with E-state index in [4.69, 9.17) is 10.5 Å². The number of hydrogen-bond donors (Lipinski definition) is 2. The molecule has 19 heavy (non-hydrogen) atoms. The monoisotopic (exact) mass is 257 g/mol. The Hall–Kier alpha value is -2.07. The maximum atomic E-state index is 5.89. The molecule has 1 aromatic carbocycles. The molecule has 0 saturated carbocycles. The van der Waals surface area contributed by atoms with E-state index in [0.29, 0.717) is 5.82 Å². The lowest BCUT2D eigenvalue weighted by molar-refractivity contribution is 0.414. The Morgan fingerprint density at radius 1 is 1.26 bits per heavy atom. The van der Waals surface area contributed by atoms with Gasteiger partial charge in [-0.25, -0.2) is 4.98 Å². The molecule has 0 spiro atoms. The Bertz CT molecular complexity index is 525. The van der Waals surface area contributed by atoms with Gasteiger partial charge in [-0.2, -0.15) is 0 Å². The molecule has 0 aliphatic rings. The predicted molar refractivity (Wildman–Crippen MR) is 77.1 cm³/mol. The molecule has 3 N–H and O–H groups in total. The molecule has 0 aliphatic heterocycles. The van der Waals surface area contributed by atoms with Crippen LogP contribution in [-0.2, 0) is 6.42 Å². The van der Waals surface area contributed by atoms with Gasteiger partial charge in [0.05, 0.1) is 7.11 Å². The number of pyridine rings is 1. The van der Waals surface area contributed by atoms with Crippen molar-refractivity contribution in [1.29, 1.82) is 0 Å². The highest BCUT2D eigenvalue weighted by molar-refractivity contribution is 5.40. The predicted octanol–water partition coefficient (Wildman–Crippen LogP) is 2.18. The molecular weight excluding hydrogens is 238 g/mol. The van der Waals surface area contributed by atoms with Crippen LogP contribution >= 0.6 is 0 Å². The van der Waals surface area contributed by atoms with Gasteiger partial charge in [-0.05, 0) is 42.8 Å². The quantitative estimate of drug-likeness (QED) is 0.862. The minimum atomic E-state index is 0.206. The third-order valence-electron chi connectivity index (χ3n) is 3.22. The average Bonchev–Trinajstić information content (AvgIpc) is 2.47. The third-order valence-corrected chi connectivity index (χ3v) is 3.22. The molecule has 1 aromatic heterocycles. The van der Waals surface area contributed by atoms with Crippen molar-refractivity contribution in [2.24, 2.45) is 0 Å². The highest BCUT2D eigenvalue weighted by Crippen LogP contribution is 2.22. The van der Waals surface area contributed by atoms with Crippen molar-refractivity contribution < 1.29 is 4.74 Å². The molecular formula is C15H19N3O. The molecule has 2 rings (SSSR count). The van der Waals surface area contributed by atoms with E-state index in [9.17, 15) is 0 Å². The Labute approximate surface area is 113 Å². The molecule has 0 saturated heterocycles. The van der Waals surface area contributed by atoms with Gasteiger partial charge in [0.25, 0.3) is 0 Å². The number of anilines is 1. The van der Waals surface area contributed by atoms with Crippen LogP contribution in [0.15, 0.2) is 42.6 Å². The fraction of sp³-hybridized carbons (Fsp3) is 0.267. The van der Waals surface area contributed by atoms with Crippen molar-refractivity contribution in [2.75, 3.05) is 19.9 Å². The van der Waals surface area contributed by atoms with Crippen LogP contribution in [0.4, 0.5) is 5.82 Å². The molecule has 4 nitrogen and oxygen atoms in total. The summed E-state index contributed by atoms with van der Waals surface area (Å²) in [6.07, 6.45) is 2.52. The van der Waals surface area contributed by atoms with Crippen LogP contribution in [0.25, 0.3) is 0 Å². The summed E-state index contributed by atoms with van der Waals surface area (Å²) in [7, 11) is 3.61. The summed E-state index contributed by atoms with van der Waals surface area (Å²) in [6, 6.07) is 12.2. The molecule has 1 heterocycles. The number of nitrogen functional groups attached to an aromatic ring is 1. The largest absolute Gasteiger partial charge is 0.497 e. The summed E-state index contributed by atoms with van der Waals surface area (Å²) in [5.74, 6) is 1.45. The summed E-state index contributed by atoms with van der Waals surface area (Å²) in [4.78, 5) is 4.12. The van der Waals surface area contributed by atoms with E-state index in [1.165, 1.54) is 5.56 Å². The smallest absolute Gasteiger partial charge is 0.126 e. The van der Waals surface area contributed by atoms with Crippen LogP contribution in [-0.4, -0.2) is 19.1 Å². The van der Waals surface area contributed by atoms with Gasteiger partial charge in [-0.3, -0.25) is 0 Å². The van der Waals surface area contributed by atoms with E-state index in [1.807, 2.05) is 31.3 Å². The topological polar surface area (TPSA) is 60.2 Å². The van der Waals surface area contributed by atoms with Gasteiger partial charge in [0.2, 0.25) is 0 Å². The van der Waals surface area contributed by atoms with E-state index >= 15 is 0 Å². The number of benzene rings is 1. The molecule has 0 amide bonds. The lowest BCUT2D eigenvalue weighted by Gasteiger charge is -2.17. The zero-order valence-electron chi connectivity index (χ0n) is 11.3. The fourth-order valence-electron chi connectivity index (χ4n) is 2.07. The maximum absolute atomic E-state index is 5.89. The second-order valence-corrected chi connectivity index (χ2v) is 4.37. The van der Waals surface area contributed by atoms with E-state index in [-0.39, 0.29) is 6.04 Å². The zero-order valence-corrected chi connectivity index (χ0v) is 11.3. The van der Waals surface area contributed by atoms with Crippen molar-refractivity contribution in [3.05, 3.63) is 53.7 Å². The van der Waals surface area contributed by atoms with Crippen LogP contribution in [0.3, 0.4) is 0 Å². The first-order chi connectivity index (χ1) is 9.24. The molecule has 0 radical (unpaired) electrons. The standard InChI is InChI=1S/C15H19N3O/c1-17-14(10-12-4-3-9-18-15(12)16)11-5-7-13(19-2)8-6-11/h3-9,14,17H,10H2,1-2H3,(H2,16,18). The molecule has 1 atom stereocenters. The number of likely N-dealkylation sites (N-methyl/N-ethyl adjacent to an activating group) is 1. The lowest BCUT2D eigenvalue weighted by atomic mass is 9.99. The van der Waals surface area contributed by atoms with Crippen molar-refractivity contribution in [2.45, 2.75) is 12.5 Å². The fourth-order valence-corrected chi connectivity index (χ4v) is 2.07. The first-order valence-corrected chi connectivity index (χ1v) is 6.25. The van der Waals surface area contributed by atoms with Gasteiger partial charge in [-0.1, -0.05) is 18.2 Å². The summed E-state index contributed by atoms with van der Waals surface area (Å²) < 4.78 is 5.17. The van der Waals surface area contributed by atoms with Gasteiger partial charge in [0.15, 0.2) is 0 Å². The normalized spacial score (nSPS) is 12.1. The average molecular weight is 257 g/mol. The second kappa shape index (κ2) is 6.20. The summed E-state index contributed by atoms with van der Waals surface area (Å²) in [6.45, 7) is 0. The Morgan fingerprint density at radius 3 is 2.58 bits per heavy atom. The number of methoxy groups -OCH3 is 1. The van der Waals surface area contributed by atoms with Crippen molar-refractivity contribution in [1.82, 2.24) is 10.3 Å². The Morgan fingerprint density at radius 2 is 2.00 bits per heavy atom. The van der Waals surface area contributed by atoms with Crippen molar-refractivity contribution in [3.63, 3.8) is 0 Å². The van der Waals surface area contributed by atoms with E-state index in [0.717, 1.165) is 17.7 Å². The molecule has 0 fully saturated rings. The molecule has 100 valence electrons. The highest BCUT2D eigenvalue weighted by Gasteiger charge is 2.12. The van der Waals surface area contributed by atoms with Gasteiger partial charge >= 0.3 is 0 Å². The number of nitrogens with two attached hydrogens (primary N) is 1. The zero-order chi connectivity index (χ0) is 13.7. The third kappa shape index (κ3) is 3.23.